The summed E-state index contributed by atoms with van der Waals surface area (Å²) in [4.78, 5) is 23.1. The van der Waals surface area contributed by atoms with Crippen LogP contribution in [-0.4, -0.2) is 0 Å². The van der Waals surface area contributed by atoms with E-state index in [1.54, 1.807) is 73.8 Å². The lowest BCUT2D eigenvalue weighted by molar-refractivity contribution is 0.666. The fourth-order valence-electron chi connectivity index (χ4n) is 13.2. The molecule has 0 radical (unpaired) electrons. The summed E-state index contributed by atoms with van der Waals surface area (Å²) >= 11 is 16.9. The fourth-order valence-corrected chi connectivity index (χ4v) is 23.4. The van der Waals surface area contributed by atoms with Crippen LogP contribution in [0.1, 0.15) is 310 Å². The Bertz CT molecular complexity index is 3230. The van der Waals surface area contributed by atoms with E-state index >= 15 is 0 Å². The van der Waals surface area contributed by atoms with Crippen molar-refractivity contribution in [1.82, 2.24) is 0 Å². The van der Waals surface area contributed by atoms with E-state index in [1.807, 2.05) is 11.3 Å². The summed E-state index contributed by atoms with van der Waals surface area (Å²) in [5.74, 6) is 0. The predicted octanol–water partition coefficient (Wildman–Crippen LogP) is 31.1. The van der Waals surface area contributed by atoms with Crippen molar-refractivity contribution in [3.05, 3.63) is 103 Å². The molecule has 0 atom stereocenters. The second kappa shape index (κ2) is 40.1. The zero-order chi connectivity index (χ0) is 62.6. The monoisotopic (exact) mass is 1340 g/mol. The molecular weight excluding hydrogens is 1230 g/mol. The van der Waals surface area contributed by atoms with Crippen molar-refractivity contribution in [2.24, 2.45) is 0 Å². The van der Waals surface area contributed by atoms with Gasteiger partial charge in [0.2, 0.25) is 0 Å². The average molecular weight is 1350 g/mol. The maximum Gasteiger partial charge on any atom is 0.0481 e. The fraction of sp³-hybridized carbons (Fsp3) is 0.605. The Morgan fingerprint density at radius 2 is 0.416 bits per heavy atom. The second-order valence-corrected chi connectivity index (χ2v) is 34.7. The van der Waals surface area contributed by atoms with Crippen LogP contribution in [0.2, 0.25) is 0 Å². The van der Waals surface area contributed by atoms with Gasteiger partial charge in [0.05, 0.1) is 0 Å². The highest BCUT2D eigenvalue weighted by Crippen LogP contribution is 2.54. The van der Waals surface area contributed by atoms with E-state index in [2.05, 4.69) is 196 Å². The molecule has 0 bridgehead atoms. The molecule has 89 heavy (non-hydrogen) atoms. The molecule has 8 heteroatoms. The first-order chi connectivity index (χ1) is 43.7. The van der Waals surface area contributed by atoms with Crippen LogP contribution < -0.4 is 0 Å². The molecule has 0 fully saturated rings. The zero-order valence-corrected chi connectivity index (χ0v) is 63.8. The van der Waals surface area contributed by atoms with Gasteiger partial charge in [-0.15, -0.1) is 90.7 Å². The van der Waals surface area contributed by atoms with E-state index in [4.69, 9.17) is 0 Å². The number of unbranched alkanes of at least 4 members (excludes halogenated alkanes) is 24. The van der Waals surface area contributed by atoms with Crippen molar-refractivity contribution in [1.29, 1.82) is 0 Å². The first kappa shape index (κ1) is 72.4. The van der Waals surface area contributed by atoms with E-state index < -0.39 is 0 Å². The topological polar surface area (TPSA) is 0 Å². The molecule has 0 saturated heterocycles. The third kappa shape index (κ3) is 21.3. The van der Waals surface area contributed by atoms with Crippen LogP contribution in [-0.2, 0) is 51.4 Å². The van der Waals surface area contributed by atoms with Crippen LogP contribution in [0.25, 0.3) is 68.3 Å². The minimum absolute atomic E-state index is 1.17. The Morgan fingerprint density at radius 3 is 0.663 bits per heavy atom. The molecule has 0 amide bonds. The van der Waals surface area contributed by atoms with Gasteiger partial charge in [-0.25, -0.2) is 0 Å². The summed E-state index contributed by atoms with van der Waals surface area (Å²) in [5.41, 5.74) is 12.8. The van der Waals surface area contributed by atoms with E-state index in [1.165, 1.54) is 301 Å². The molecule has 0 aliphatic heterocycles. The summed E-state index contributed by atoms with van der Waals surface area (Å²) in [6.45, 7) is 21.2. The van der Waals surface area contributed by atoms with Crippen LogP contribution in [0.15, 0.2) is 53.9 Å². The highest BCUT2D eigenvalue weighted by Gasteiger charge is 2.26. The van der Waals surface area contributed by atoms with Gasteiger partial charge in [0, 0.05) is 73.2 Å². The maximum absolute atomic E-state index is 2.72. The molecule has 0 unspecified atom stereocenters. The van der Waals surface area contributed by atoms with Crippen LogP contribution in [0.3, 0.4) is 0 Å². The van der Waals surface area contributed by atoms with Crippen molar-refractivity contribution in [3.8, 4) is 68.3 Å². The molecule has 0 N–H and O–H groups in total. The standard InChI is InChI=1S/C81H116S8/c1-10-18-26-34-42-60-50-51-82-75(60)68-53-62(44-36-28-20-12-3)77(84-68)70-55-64(46-38-30-22-14-5)79(86-70)72-57-66(48-40-32-24-16-7)81(88-72)74-58-67(49-41-33-25-17-8)80(89-74)73-56-65(47-39-31-23-15-6)78(87-73)71-54-63(45-37-29-21-13-4)76(85-71)69-52-61(59(9)83-69)43-35-27-19-11-2/h50-58H,10-49H2,1-9H3. The number of thiophene rings is 8. The normalized spacial score (nSPS) is 11.9. The van der Waals surface area contributed by atoms with Gasteiger partial charge in [-0.3, -0.25) is 0 Å². The van der Waals surface area contributed by atoms with Crippen molar-refractivity contribution in [2.45, 2.75) is 319 Å². The summed E-state index contributed by atoms with van der Waals surface area (Å²) in [5, 5.41) is 2.37. The summed E-state index contributed by atoms with van der Waals surface area (Å²) in [6.07, 6.45) is 51.3. The predicted molar refractivity (Wildman–Crippen MR) is 415 cm³/mol. The second-order valence-electron chi connectivity index (χ2n) is 26.2. The number of aryl methyl sites for hydroxylation is 9. The van der Waals surface area contributed by atoms with Crippen LogP contribution in [0.5, 0.6) is 0 Å². The maximum atomic E-state index is 2.72. The molecule has 8 rings (SSSR count). The zero-order valence-electron chi connectivity index (χ0n) is 57.2. The van der Waals surface area contributed by atoms with Gasteiger partial charge in [-0.1, -0.05) is 209 Å². The van der Waals surface area contributed by atoms with E-state index in [0.717, 1.165) is 0 Å². The van der Waals surface area contributed by atoms with Crippen molar-refractivity contribution in [3.63, 3.8) is 0 Å². The van der Waals surface area contributed by atoms with Crippen LogP contribution >= 0.6 is 90.7 Å². The van der Waals surface area contributed by atoms with E-state index in [0.29, 0.717) is 0 Å². The van der Waals surface area contributed by atoms with Crippen molar-refractivity contribution < 1.29 is 0 Å². The smallest absolute Gasteiger partial charge is 0.0481 e. The highest BCUT2D eigenvalue weighted by atomic mass is 32.1. The molecule has 0 nitrogen and oxygen atoms in total. The van der Waals surface area contributed by atoms with Gasteiger partial charge < -0.3 is 0 Å². The Balaban J connectivity index is 1.22. The Kier molecular flexibility index (Phi) is 32.6. The van der Waals surface area contributed by atoms with Gasteiger partial charge in [0.15, 0.2) is 0 Å². The van der Waals surface area contributed by atoms with Crippen LogP contribution in [0.4, 0.5) is 0 Å². The average Bonchev–Trinajstić information content (AvgIpc) is 1.69. The number of hydrogen-bond donors (Lipinski definition) is 0. The lowest BCUT2D eigenvalue weighted by Crippen LogP contribution is -1.87. The Labute approximate surface area is 576 Å². The Morgan fingerprint density at radius 1 is 0.213 bits per heavy atom. The molecule has 0 saturated carbocycles. The first-order valence-electron chi connectivity index (χ1n) is 36.7. The number of rotatable bonds is 47. The molecular formula is C81H116S8. The molecule has 0 aliphatic rings. The van der Waals surface area contributed by atoms with Crippen molar-refractivity contribution >= 4 is 90.7 Å². The molecule has 0 aliphatic carbocycles. The third-order valence-electron chi connectivity index (χ3n) is 18.6. The van der Waals surface area contributed by atoms with Gasteiger partial charge >= 0.3 is 0 Å². The minimum atomic E-state index is 1.17. The molecule has 8 aromatic heterocycles. The molecule has 0 aromatic carbocycles. The third-order valence-corrected chi connectivity index (χ3v) is 29.0. The molecule has 488 valence electrons. The highest BCUT2D eigenvalue weighted by molar-refractivity contribution is 7.32. The summed E-state index contributed by atoms with van der Waals surface area (Å²) in [7, 11) is 0. The molecule has 0 spiro atoms. The molecule has 8 heterocycles. The minimum Gasteiger partial charge on any atom is -0.143 e. The number of hydrogen-bond acceptors (Lipinski definition) is 8. The largest absolute Gasteiger partial charge is 0.143 e. The SMILES string of the molecule is CCCCCCc1cc(-c2sc(-c3sc(-c4sc(-c5sc(-c6sc(-c7sc(-c8sccc8CCCCCC)cc7CCCCCC)cc6CCCCCC)cc5CCCCCC)cc4CCCCCC)cc3CCCCCC)cc2CCCCCC)sc1C. The lowest BCUT2D eigenvalue weighted by atomic mass is 10.0. The van der Waals surface area contributed by atoms with Crippen molar-refractivity contribution in [2.75, 3.05) is 0 Å². The van der Waals surface area contributed by atoms with E-state index in [-0.39, 0.29) is 0 Å². The quantitative estimate of drug-likeness (QED) is 0.0334. The first-order valence-corrected chi connectivity index (χ1v) is 43.3. The molecule has 8 aromatic rings. The summed E-state index contributed by atoms with van der Waals surface area (Å²) < 4.78 is 0. The lowest BCUT2D eigenvalue weighted by Gasteiger charge is -2.02. The van der Waals surface area contributed by atoms with Gasteiger partial charge in [-0.05, 0) is 208 Å². The van der Waals surface area contributed by atoms with Crippen LogP contribution in [0, 0.1) is 6.92 Å². The van der Waals surface area contributed by atoms with Gasteiger partial charge in [0.1, 0.15) is 0 Å². The Hall–Kier alpha value is -2.40. The van der Waals surface area contributed by atoms with E-state index in [9.17, 15) is 0 Å². The summed E-state index contributed by atoms with van der Waals surface area (Å²) in [6, 6.07) is 21.2. The van der Waals surface area contributed by atoms with Gasteiger partial charge in [0.25, 0.3) is 0 Å². The van der Waals surface area contributed by atoms with Gasteiger partial charge in [-0.2, -0.15) is 0 Å².